The third-order valence-corrected chi connectivity index (χ3v) is 4.35. The molecule has 0 atom stereocenters. The standard InChI is InChI=1S/C16H23NO2/c1-3-12-4-8-14(9-5-12)17(2)15-10-6-13(7-11-15)16(18)19/h4-5,8-9,13,15H,3,6-7,10-11H2,1-2H3,(H,18,19). The first-order chi connectivity index (χ1) is 9.11. The van der Waals surface area contributed by atoms with Gasteiger partial charge in [0, 0.05) is 18.8 Å². The molecule has 19 heavy (non-hydrogen) atoms. The van der Waals surface area contributed by atoms with Crippen LogP contribution >= 0.6 is 0 Å². The van der Waals surface area contributed by atoms with E-state index in [9.17, 15) is 4.79 Å². The number of nitrogens with zero attached hydrogens (tertiary/aromatic N) is 1. The third kappa shape index (κ3) is 3.28. The van der Waals surface area contributed by atoms with Crippen molar-refractivity contribution in [2.75, 3.05) is 11.9 Å². The van der Waals surface area contributed by atoms with Gasteiger partial charge in [0.1, 0.15) is 0 Å². The first-order valence-corrected chi connectivity index (χ1v) is 7.16. The first-order valence-electron chi connectivity index (χ1n) is 7.16. The van der Waals surface area contributed by atoms with Gasteiger partial charge in [-0.25, -0.2) is 0 Å². The molecule has 0 bridgehead atoms. The number of aryl methyl sites for hydroxylation is 1. The molecule has 0 spiro atoms. The van der Waals surface area contributed by atoms with Crippen LogP contribution in [0.25, 0.3) is 0 Å². The Morgan fingerprint density at radius 2 is 1.79 bits per heavy atom. The van der Waals surface area contributed by atoms with Crippen LogP contribution in [0.15, 0.2) is 24.3 Å². The summed E-state index contributed by atoms with van der Waals surface area (Å²) in [5.41, 5.74) is 2.59. The van der Waals surface area contributed by atoms with Crippen molar-refractivity contribution in [2.45, 2.75) is 45.1 Å². The first kappa shape index (κ1) is 13.9. The van der Waals surface area contributed by atoms with Crippen molar-refractivity contribution in [1.82, 2.24) is 0 Å². The quantitative estimate of drug-likeness (QED) is 0.903. The second-order valence-corrected chi connectivity index (χ2v) is 5.47. The van der Waals surface area contributed by atoms with E-state index < -0.39 is 5.97 Å². The number of hydrogen-bond donors (Lipinski definition) is 1. The highest BCUT2D eigenvalue weighted by atomic mass is 16.4. The minimum Gasteiger partial charge on any atom is -0.481 e. The molecule has 1 saturated carbocycles. The maximum absolute atomic E-state index is 11.0. The Morgan fingerprint density at radius 3 is 2.26 bits per heavy atom. The topological polar surface area (TPSA) is 40.5 Å². The Balaban J connectivity index is 1.96. The van der Waals surface area contributed by atoms with E-state index in [1.807, 2.05) is 0 Å². The van der Waals surface area contributed by atoms with Gasteiger partial charge in [-0.05, 0) is 49.8 Å². The van der Waals surface area contributed by atoms with Crippen LogP contribution in [0.2, 0.25) is 0 Å². The molecule has 0 amide bonds. The van der Waals surface area contributed by atoms with Crippen molar-refractivity contribution < 1.29 is 9.90 Å². The van der Waals surface area contributed by atoms with Gasteiger partial charge in [-0.15, -0.1) is 0 Å². The van der Waals surface area contributed by atoms with Gasteiger partial charge in [0.15, 0.2) is 0 Å². The van der Waals surface area contributed by atoms with Gasteiger partial charge < -0.3 is 10.0 Å². The van der Waals surface area contributed by atoms with E-state index in [0.717, 1.165) is 32.1 Å². The molecular weight excluding hydrogens is 238 g/mol. The lowest BCUT2D eigenvalue weighted by Gasteiger charge is -2.35. The molecule has 0 unspecified atom stereocenters. The van der Waals surface area contributed by atoms with Crippen molar-refractivity contribution in [1.29, 1.82) is 0 Å². The second kappa shape index (κ2) is 6.09. The summed E-state index contributed by atoms with van der Waals surface area (Å²) in [7, 11) is 2.12. The molecule has 1 aliphatic carbocycles. The van der Waals surface area contributed by atoms with Crippen molar-refractivity contribution in [2.24, 2.45) is 5.92 Å². The maximum atomic E-state index is 11.0. The molecule has 1 N–H and O–H groups in total. The lowest BCUT2D eigenvalue weighted by molar-refractivity contribution is -0.142. The smallest absolute Gasteiger partial charge is 0.306 e. The molecule has 0 radical (unpaired) electrons. The van der Waals surface area contributed by atoms with Gasteiger partial charge in [0.2, 0.25) is 0 Å². The number of hydrogen-bond acceptors (Lipinski definition) is 2. The molecule has 1 aromatic carbocycles. The predicted molar refractivity (Wildman–Crippen MR) is 77.6 cm³/mol. The summed E-state index contributed by atoms with van der Waals surface area (Å²) >= 11 is 0. The van der Waals surface area contributed by atoms with Crippen molar-refractivity contribution >= 4 is 11.7 Å². The highest BCUT2D eigenvalue weighted by Crippen LogP contribution is 2.29. The second-order valence-electron chi connectivity index (χ2n) is 5.47. The summed E-state index contributed by atoms with van der Waals surface area (Å²) in [6, 6.07) is 9.16. The minimum absolute atomic E-state index is 0.132. The Bertz CT molecular complexity index is 419. The molecule has 0 aromatic heterocycles. The number of carbonyl (C=O) groups is 1. The maximum Gasteiger partial charge on any atom is 0.306 e. The normalized spacial score (nSPS) is 23.1. The Morgan fingerprint density at radius 1 is 1.21 bits per heavy atom. The molecule has 1 fully saturated rings. The number of carboxylic acid groups (broad SMARTS) is 1. The van der Waals surface area contributed by atoms with Crippen LogP contribution in [0.5, 0.6) is 0 Å². The van der Waals surface area contributed by atoms with Crippen LogP contribution in [0.3, 0.4) is 0 Å². The molecule has 1 aromatic rings. The fraction of sp³-hybridized carbons (Fsp3) is 0.562. The lowest BCUT2D eigenvalue weighted by atomic mass is 9.85. The molecule has 3 heteroatoms. The highest BCUT2D eigenvalue weighted by Gasteiger charge is 2.27. The molecule has 0 aliphatic heterocycles. The summed E-state index contributed by atoms with van der Waals surface area (Å²) < 4.78 is 0. The average molecular weight is 261 g/mol. The number of carboxylic acids is 1. The SMILES string of the molecule is CCc1ccc(N(C)C2CCC(C(=O)O)CC2)cc1. The highest BCUT2D eigenvalue weighted by molar-refractivity contribution is 5.70. The van der Waals surface area contributed by atoms with E-state index in [0.29, 0.717) is 6.04 Å². The third-order valence-electron chi connectivity index (χ3n) is 4.35. The Labute approximate surface area is 115 Å². The van der Waals surface area contributed by atoms with E-state index in [1.165, 1.54) is 11.3 Å². The van der Waals surface area contributed by atoms with Crippen LogP contribution in [-0.4, -0.2) is 24.2 Å². The van der Waals surface area contributed by atoms with Crippen LogP contribution in [0.4, 0.5) is 5.69 Å². The van der Waals surface area contributed by atoms with E-state index in [-0.39, 0.29) is 5.92 Å². The number of anilines is 1. The number of aliphatic carboxylic acids is 1. The zero-order valence-electron chi connectivity index (χ0n) is 11.8. The van der Waals surface area contributed by atoms with E-state index in [2.05, 4.69) is 43.1 Å². The summed E-state index contributed by atoms with van der Waals surface area (Å²) in [6.07, 6.45) is 4.62. The Kier molecular flexibility index (Phi) is 4.46. The molecule has 3 nitrogen and oxygen atoms in total. The summed E-state index contributed by atoms with van der Waals surface area (Å²) in [5, 5.41) is 9.02. The fourth-order valence-electron chi connectivity index (χ4n) is 2.89. The molecule has 2 rings (SSSR count). The monoisotopic (exact) mass is 261 g/mol. The zero-order chi connectivity index (χ0) is 13.8. The van der Waals surface area contributed by atoms with Gasteiger partial charge in [0.25, 0.3) is 0 Å². The van der Waals surface area contributed by atoms with Gasteiger partial charge in [-0.1, -0.05) is 19.1 Å². The van der Waals surface area contributed by atoms with Crippen molar-refractivity contribution in [3.05, 3.63) is 29.8 Å². The molecular formula is C16H23NO2. The summed E-state index contributed by atoms with van der Waals surface area (Å²) in [4.78, 5) is 13.3. The van der Waals surface area contributed by atoms with Crippen molar-refractivity contribution in [3.8, 4) is 0 Å². The summed E-state index contributed by atoms with van der Waals surface area (Å²) in [5.74, 6) is -0.763. The van der Waals surface area contributed by atoms with Crippen LogP contribution in [0.1, 0.15) is 38.2 Å². The van der Waals surface area contributed by atoms with E-state index in [1.54, 1.807) is 0 Å². The molecule has 1 aliphatic rings. The molecule has 0 saturated heterocycles. The van der Waals surface area contributed by atoms with Crippen LogP contribution in [-0.2, 0) is 11.2 Å². The number of rotatable bonds is 4. The van der Waals surface area contributed by atoms with Crippen LogP contribution < -0.4 is 4.90 Å². The molecule has 0 heterocycles. The Hall–Kier alpha value is -1.51. The van der Waals surface area contributed by atoms with Gasteiger partial charge in [-0.2, -0.15) is 0 Å². The van der Waals surface area contributed by atoms with Gasteiger partial charge in [0.05, 0.1) is 5.92 Å². The lowest BCUT2D eigenvalue weighted by Crippen LogP contribution is -2.36. The average Bonchev–Trinajstić information content (AvgIpc) is 2.46. The number of benzene rings is 1. The van der Waals surface area contributed by atoms with Crippen LogP contribution in [0, 0.1) is 5.92 Å². The minimum atomic E-state index is -0.631. The van der Waals surface area contributed by atoms with Gasteiger partial charge >= 0.3 is 5.97 Å². The van der Waals surface area contributed by atoms with Gasteiger partial charge in [-0.3, -0.25) is 4.79 Å². The van der Waals surface area contributed by atoms with E-state index in [4.69, 9.17) is 5.11 Å². The summed E-state index contributed by atoms with van der Waals surface area (Å²) in [6.45, 7) is 2.16. The predicted octanol–water partition coefficient (Wildman–Crippen LogP) is 3.33. The molecule has 104 valence electrons. The van der Waals surface area contributed by atoms with Crippen molar-refractivity contribution in [3.63, 3.8) is 0 Å². The zero-order valence-corrected chi connectivity index (χ0v) is 11.8. The fourth-order valence-corrected chi connectivity index (χ4v) is 2.89. The van der Waals surface area contributed by atoms with E-state index >= 15 is 0 Å². The largest absolute Gasteiger partial charge is 0.481 e.